The maximum Gasteiger partial charge on any atom is 0.167 e. The Labute approximate surface area is 129 Å². The van der Waals surface area contributed by atoms with Crippen molar-refractivity contribution in [1.29, 1.82) is 0 Å². The molecule has 0 amide bonds. The van der Waals surface area contributed by atoms with Gasteiger partial charge < -0.3 is 14.8 Å². The Morgan fingerprint density at radius 2 is 1.95 bits per heavy atom. The minimum absolute atomic E-state index is 0.346. The Morgan fingerprint density at radius 1 is 1.15 bits per heavy atom. The van der Waals surface area contributed by atoms with Crippen molar-refractivity contribution in [2.24, 2.45) is 0 Å². The molecule has 1 aliphatic carbocycles. The smallest absolute Gasteiger partial charge is 0.167 e. The molecule has 4 heteroatoms. The van der Waals surface area contributed by atoms with Crippen molar-refractivity contribution in [3.8, 4) is 11.5 Å². The van der Waals surface area contributed by atoms with Crippen LogP contribution >= 0.6 is 15.9 Å². The summed E-state index contributed by atoms with van der Waals surface area (Å²) in [6, 6.07) is 4.43. The number of benzene rings is 1. The minimum Gasteiger partial charge on any atom is -0.493 e. The second-order valence-corrected chi connectivity index (χ2v) is 6.52. The third-order valence-electron chi connectivity index (χ3n) is 4.32. The van der Waals surface area contributed by atoms with E-state index in [4.69, 9.17) is 9.47 Å². The van der Waals surface area contributed by atoms with E-state index in [1.54, 1.807) is 7.11 Å². The summed E-state index contributed by atoms with van der Waals surface area (Å²) < 4.78 is 13.0. The van der Waals surface area contributed by atoms with Crippen LogP contribution in [-0.2, 0) is 0 Å². The van der Waals surface area contributed by atoms with Gasteiger partial charge in [-0.05, 0) is 57.2 Å². The van der Waals surface area contributed by atoms with Gasteiger partial charge in [0, 0.05) is 16.1 Å². The first-order valence-electron chi connectivity index (χ1n) is 7.56. The highest BCUT2D eigenvalue weighted by Gasteiger charge is 2.27. The van der Waals surface area contributed by atoms with E-state index >= 15 is 0 Å². The van der Waals surface area contributed by atoms with Gasteiger partial charge >= 0.3 is 0 Å². The molecular formula is C16H22BrNO2. The molecular weight excluding hydrogens is 318 g/mol. The lowest BCUT2D eigenvalue weighted by Crippen LogP contribution is -2.18. The van der Waals surface area contributed by atoms with Gasteiger partial charge in [-0.2, -0.15) is 0 Å². The summed E-state index contributed by atoms with van der Waals surface area (Å²) in [7, 11) is 1.72. The van der Waals surface area contributed by atoms with Crippen molar-refractivity contribution in [3.63, 3.8) is 0 Å². The molecule has 20 heavy (non-hydrogen) atoms. The zero-order valence-electron chi connectivity index (χ0n) is 12.0. The quantitative estimate of drug-likeness (QED) is 0.891. The van der Waals surface area contributed by atoms with Crippen molar-refractivity contribution in [3.05, 3.63) is 22.2 Å². The molecule has 1 atom stereocenters. The normalized spacial score (nSPS) is 23.2. The Balaban J connectivity index is 1.95. The largest absolute Gasteiger partial charge is 0.493 e. The molecule has 3 nitrogen and oxygen atoms in total. The summed E-state index contributed by atoms with van der Waals surface area (Å²) >= 11 is 3.69. The summed E-state index contributed by atoms with van der Waals surface area (Å²) in [6.07, 6.45) is 7.60. The molecule has 0 aromatic heterocycles. The fourth-order valence-electron chi connectivity index (χ4n) is 3.27. The van der Waals surface area contributed by atoms with Crippen molar-refractivity contribution in [2.45, 2.75) is 50.7 Å². The maximum absolute atomic E-state index is 6.33. The van der Waals surface area contributed by atoms with Crippen molar-refractivity contribution in [1.82, 2.24) is 5.32 Å². The molecule has 2 fully saturated rings. The van der Waals surface area contributed by atoms with Gasteiger partial charge in [0.15, 0.2) is 11.5 Å². The molecule has 1 aromatic rings. The standard InChI is InChI=1S/C16H22BrNO2/c1-19-14-9-8-12(17)15(13-7-4-10-18-13)16(14)20-11-5-2-3-6-11/h8-9,11,13,18H,2-7,10H2,1H3. The van der Waals surface area contributed by atoms with E-state index in [1.807, 2.05) is 6.07 Å². The molecule has 1 aromatic carbocycles. The lowest BCUT2D eigenvalue weighted by molar-refractivity contribution is 0.197. The summed E-state index contributed by atoms with van der Waals surface area (Å²) in [4.78, 5) is 0. The van der Waals surface area contributed by atoms with Crippen LogP contribution in [0.15, 0.2) is 16.6 Å². The summed E-state index contributed by atoms with van der Waals surface area (Å²) in [5, 5.41) is 3.56. The Hall–Kier alpha value is -0.740. The van der Waals surface area contributed by atoms with Gasteiger partial charge in [-0.1, -0.05) is 15.9 Å². The SMILES string of the molecule is COc1ccc(Br)c(C2CCCN2)c1OC1CCCC1. The number of hydrogen-bond acceptors (Lipinski definition) is 3. The highest BCUT2D eigenvalue weighted by atomic mass is 79.9. The first-order valence-corrected chi connectivity index (χ1v) is 8.35. The average molecular weight is 340 g/mol. The minimum atomic E-state index is 0.346. The molecule has 1 aliphatic heterocycles. The predicted octanol–water partition coefficient (Wildman–Crippen LogP) is 4.20. The van der Waals surface area contributed by atoms with Gasteiger partial charge in [-0.3, -0.25) is 0 Å². The second kappa shape index (κ2) is 6.35. The third-order valence-corrected chi connectivity index (χ3v) is 5.01. The molecule has 1 heterocycles. The fourth-order valence-corrected chi connectivity index (χ4v) is 3.85. The summed E-state index contributed by atoms with van der Waals surface area (Å²) in [6.45, 7) is 1.08. The first-order chi connectivity index (χ1) is 9.79. The van der Waals surface area contributed by atoms with Crippen LogP contribution < -0.4 is 14.8 Å². The first kappa shape index (κ1) is 14.2. The number of rotatable bonds is 4. The number of hydrogen-bond donors (Lipinski definition) is 1. The molecule has 2 aliphatic rings. The zero-order chi connectivity index (χ0) is 13.9. The van der Waals surface area contributed by atoms with Crippen molar-refractivity contribution in [2.75, 3.05) is 13.7 Å². The van der Waals surface area contributed by atoms with Gasteiger partial charge in [0.05, 0.1) is 13.2 Å². The zero-order valence-corrected chi connectivity index (χ0v) is 13.5. The van der Waals surface area contributed by atoms with Crippen molar-refractivity contribution >= 4 is 15.9 Å². The Kier molecular flexibility index (Phi) is 4.51. The molecule has 1 N–H and O–H groups in total. The van der Waals surface area contributed by atoms with Crippen LogP contribution in [0, 0.1) is 0 Å². The highest BCUT2D eigenvalue weighted by Crippen LogP contribution is 2.43. The number of methoxy groups -OCH3 is 1. The van der Waals surface area contributed by atoms with Crippen LogP contribution in [0.4, 0.5) is 0 Å². The van der Waals surface area contributed by atoms with E-state index in [0.29, 0.717) is 12.1 Å². The van der Waals surface area contributed by atoms with Gasteiger partial charge in [0.2, 0.25) is 0 Å². The monoisotopic (exact) mass is 339 g/mol. The number of ether oxygens (including phenoxy) is 2. The highest BCUT2D eigenvalue weighted by molar-refractivity contribution is 9.10. The van der Waals surface area contributed by atoms with Gasteiger partial charge in [0.1, 0.15) is 0 Å². The summed E-state index contributed by atoms with van der Waals surface area (Å²) in [5.74, 6) is 1.79. The number of nitrogens with one attached hydrogen (secondary N) is 1. The Morgan fingerprint density at radius 3 is 2.60 bits per heavy atom. The van der Waals surface area contributed by atoms with E-state index in [2.05, 4.69) is 27.3 Å². The molecule has 3 rings (SSSR count). The predicted molar refractivity (Wildman–Crippen MR) is 83.6 cm³/mol. The van der Waals surface area contributed by atoms with Crippen LogP contribution in [0.25, 0.3) is 0 Å². The number of halogens is 1. The molecule has 1 saturated heterocycles. The van der Waals surface area contributed by atoms with Crippen LogP contribution in [0.5, 0.6) is 11.5 Å². The molecule has 1 saturated carbocycles. The molecule has 0 bridgehead atoms. The molecule has 1 unspecified atom stereocenters. The maximum atomic E-state index is 6.33. The van der Waals surface area contributed by atoms with Gasteiger partial charge in [0.25, 0.3) is 0 Å². The van der Waals surface area contributed by atoms with Crippen LogP contribution in [0.3, 0.4) is 0 Å². The molecule has 110 valence electrons. The van der Waals surface area contributed by atoms with Crippen molar-refractivity contribution < 1.29 is 9.47 Å². The lowest BCUT2D eigenvalue weighted by atomic mass is 10.0. The van der Waals surface area contributed by atoms with E-state index in [0.717, 1.165) is 41.8 Å². The van der Waals surface area contributed by atoms with Gasteiger partial charge in [-0.25, -0.2) is 0 Å². The van der Waals surface area contributed by atoms with Crippen LogP contribution in [0.1, 0.15) is 50.1 Å². The molecule has 0 spiro atoms. The van der Waals surface area contributed by atoms with Crippen LogP contribution in [0.2, 0.25) is 0 Å². The fraction of sp³-hybridized carbons (Fsp3) is 0.625. The third kappa shape index (κ3) is 2.82. The van der Waals surface area contributed by atoms with E-state index in [9.17, 15) is 0 Å². The van der Waals surface area contributed by atoms with Crippen LogP contribution in [-0.4, -0.2) is 19.8 Å². The van der Waals surface area contributed by atoms with E-state index in [1.165, 1.54) is 24.8 Å². The molecule has 0 radical (unpaired) electrons. The second-order valence-electron chi connectivity index (χ2n) is 5.67. The Bertz CT molecular complexity index is 466. The summed E-state index contributed by atoms with van der Waals surface area (Å²) in [5.41, 5.74) is 1.23. The van der Waals surface area contributed by atoms with E-state index in [-0.39, 0.29) is 0 Å². The van der Waals surface area contributed by atoms with E-state index < -0.39 is 0 Å². The van der Waals surface area contributed by atoms with Gasteiger partial charge in [-0.15, -0.1) is 0 Å². The topological polar surface area (TPSA) is 30.5 Å². The lowest BCUT2D eigenvalue weighted by Gasteiger charge is -2.23. The average Bonchev–Trinajstić information content (AvgIpc) is 3.12.